The van der Waals surface area contributed by atoms with E-state index in [4.69, 9.17) is 0 Å². The Bertz CT molecular complexity index is 374. The Kier molecular flexibility index (Phi) is 5.14. The van der Waals surface area contributed by atoms with Gasteiger partial charge in [0.05, 0.1) is 5.69 Å². The number of hydrogen-bond donors (Lipinski definition) is 1. The number of nitrogens with zero attached hydrogens (tertiary/aromatic N) is 3. The van der Waals surface area contributed by atoms with E-state index in [0.29, 0.717) is 5.92 Å². The molecule has 2 heterocycles. The molecule has 0 bridgehead atoms. The number of anilines is 1. The highest BCUT2D eigenvalue weighted by molar-refractivity contribution is 5.38. The second-order valence-corrected chi connectivity index (χ2v) is 5.92. The van der Waals surface area contributed by atoms with E-state index in [1.54, 1.807) is 0 Å². The predicted octanol–water partition coefficient (Wildman–Crippen LogP) is 2.46. The van der Waals surface area contributed by atoms with Gasteiger partial charge in [0.1, 0.15) is 0 Å². The molecular weight excluding hydrogens is 236 g/mol. The fourth-order valence-corrected chi connectivity index (χ4v) is 2.48. The Morgan fingerprint density at radius 1 is 1.37 bits per heavy atom. The molecule has 1 fully saturated rings. The molecule has 19 heavy (non-hydrogen) atoms. The molecule has 1 N–H and O–H groups in total. The Balaban J connectivity index is 1.84. The van der Waals surface area contributed by atoms with Gasteiger partial charge in [-0.3, -0.25) is 0 Å². The van der Waals surface area contributed by atoms with Crippen LogP contribution in [0.1, 0.15) is 39.3 Å². The number of aromatic nitrogens is 2. The van der Waals surface area contributed by atoms with Crippen LogP contribution in [-0.4, -0.2) is 29.8 Å². The van der Waals surface area contributed by atoms with Crippen LogP contribution in [0.3, 0.4) is 0 Å². The molecule has 0 saturated carbocycles. The van der Waals surface area contributed by atoms with Crippen molar-refractivity contribution in [3.8, 4) is 0 Å². The van der Waals surface area contributed by atoms with Crippen molar-refractivity contribution in [2.75, 3.05) is 24.5 Å². The molecule has 4 heteroatoms. The van der Waals surface area contributed by atoms with E-state index in [1.165, 1.54) is 12.8 Å². The second kappa shape index (κ2) is 6.85. The minimum absolute atomic E-state index is 0.669. The van der Waals surface area contributed by atoms with Crippen molar-refractivity contribution in [1.82, 2.24) is 15.5 Å². The van der Waals surface area contributed by atoms with Gasteiger partial charge in [-0.1, -0.05) is 27.2 Å². The van der Waals surface area contributed by atoms with Crippen LogP contribution in [0.5, 0.6) is 0 Å². The predicted molar refractivity (Wildman–Crippen MR) is 79.2 cm³/mol. The molecule has 4 nitrogen and oxygen atoms in total. The zero-order chi connectivity index (χ0) is 13.7. The minimum Gasteiger partial charge on any atom is -0.355 e. The van der Waals surface area contributed by atoms with Crippen LogP contribution >= 0.6 is 0 Å². The van der Waals surface area contributed by atoms with Crippen LogP contribution in [0.25, 0.3) is 0 Å². The lowest BCUT2D eigenvalue weighted by molar-refractivity contribution is 0.546. The summed E-state index contributed by atoms with van der Waals surface area (Å²) in [4.78, 5) is 2.35. The second-order valence-electron chi connectivity index (χ2n) is 5.92. The molecule has 1 aliphatic heterocycles. The lowest BCUT2D eigenvalue weighted by Crippen LogP contribution is -2.22. The molecule has 1 unspecified atom stereocenters. The summed E-state index contributed by atoms with van der Waals surface area (Å²) < 4.78 is 0. The quantitative estimate of drug-likeness (QED) is 0.855. The summed E-state index contributed by atoms with van der Waals surface area (Å²) in [5, 5.41) is 12.1. The van der Waals surface area contributed by atoms with Crippen molar-refractivity contribution in [2.24, 2.45) is 11.8 Å². The monoisotopic (exact) mass is 262 g/mol. The lowest BCUT2D eigenvalue weighted by atomic mass is 10.1. The third kappa shape index (κ3) is 4.16. The van der Waals surface area contributed by atoms with E-state index < -0.39 is 0 Å². The summed E-state index contributed by atoms with van der Waals surface area (Å²) in [5.74, 6) is 2.53. The van der Waals surface area contributed by atoms with Gasteiger partial charge in [0.15, 0.2) is 5.82 Å². The lowest BCUT2D eigenvalue weighted by Gasteiger charge is -2.16. The van der Waals surface area contributed by atoms with Gasteiger partial charge in [0, 0.05) is 19.6 Å². The van der Waals surface area contributed by atoms with Gasteiger partial charge in [-0.15, -0.1) is 5.10 Å². The van der Waals surface area contributed by atoms with E-state index in [2.05, 4.69) is 53.3 Å². The fourth-order valence-electron chi connectivity index (χ4n) is 2.48. The highest BCUT2D eigenvalue weighted by Gasteiger charge is 2.21. The van der Waals surface area contributed by atoms with Crippen molar-refractivity contribution in [3.05, 3.63) is 17.8 Å². The van der Waals surface area contributed by atoms with Gasteiger partial charge in [0.25, 0.3) is 0 Å². The zero-order valence-electron chi connectivity index (χ0n) is 12.4. The summed E-state index contributed by atoms with van der Waals surface area (Å²) >= 11 is 0. The number of hydrogen-bond acceptors (Lipinski definition) is 4. The summed E-state index contributed by atoms with van der Waals surface area (Å²) in [5.41, 5.74) is 1.02. The molecule has 1 atom stereocenters. The molecule has 1 saturated heterocycles. The highest BCUT2D eigenvalue weighted by Crippen LogP contribution is 2.23. The van der Waals surface area contributed by atoms with Crippen LogP contribution in [0, 0.1) is 11.8 Å². The summed E-state index contributed by atoms with van der Waals surface area (Å²) in [6.07, 6.45) is 2.55. The molecule has 0 radical (unpaired) electrons. The molecule has 2 rings (SSSR count). The normalized spacial score (nSPS) is 19.4. The van der Waals surface area contributed by atoms with Crippen LogP contribution in [0.2, 0.25) is 0 Å². The smallest absolute Gasteiger partial charge is 0.151 e. The first-order chi connectivity index (χ1) is 9.19. The first kappa shape index (κ1) is 14.3. The van der Waals surface area contributed by atoms with Crippen LogP contribution in [0.15, 0.2) is 12.1 Å². The molecule has 1 aromatic heterocycles. The van der Waals surface area contributed by atoms with E-state index in [9.17, 15) is 0 Å². The number of rotatable bonds is 6. The molecule has 1 aromatic rings. The van der Waals surface area contributed by atoms with Crippen LogP contribution in [-0.2, 0) is 6.54 Å². The van der Waals surface area contributed by atoms with Gasteiger partial charge in [-0.05, 0) is 36.9 Å². The van der Waals surface area contributed by atoms with E-state index >= 15 is 0 Å². The van der Waals surface area contributed by atoms with Crippen molar-refractivity contribution in [2.45, 2.75) is 40.2 Å². The summed E-state index contributed by atoms with van der Waals surface area (Å²) in [7, 11) is 0. The molecule has 0 amide bonds. The number of nitrogens with one attached hydrogen (secondary N) is 1. The van der Waals surface area contributed by atoms with E-state index in [-0.39, 0.29) is 0 Å². The van der Waals surface area contributed by atoms with Crippen molar-refractivity contribution in [1.29, 1.82) is 0 Å². The van der Waals surface area contributed by atoms with Gasteiger partial charge < -0.3 is 10.2 Å². The Labute approximate surface area is 116 Å². The highest BCUT2D eigenvalue weighted by atomic mass is 15.3. The van der Waals surface area contributed by atoms with E-state index in [1.807, 2.05) is 0 Å². The molecule has 106 valence electrons. The van der Waals surface area contributed by atoms with Crippen LogP contribution in [0.4, 0.5) is 5.82 Å². The van der Waals surface area contributed by atoms with Crippen molar-refractivity contribution >= 4 is 5.82 Å². The Hall–Kier alpha value is -1.16. The van der Waals surface area contributed by atoms with Crippen molar-refractivity contribution < 1.29 is 0 Å². The van der Waals surface area contributed by atoms with Gasteiger partial charge in [-0.25, -0.2) is 0 Å². The fraction of sp³-hybridized carbons (Fsp3) is 0.733. The molecule has 0 spiro atoms. The van der Waals surface area contributed by atoms with Crippen molar-refractivity contribution in [3.63, 3.8) is 0 Å². The standard InChI is InChI=1S/C15H26N4/c1-4-13-7-8-19(11-13)15-6-5-14(17-18-15)10-16-9-12(2)3/h5-6,12-13,16H,4,7-11H2,1-3H3. The van der Waals surface area contributed by atoms with E-state index in [0.717, 1.165) is 43.6 Å². The maximum atomic E-state index is 4.36. The molecule has 1 aliphatic rings. The first-order valence-electron chi connectivity index (χ1n) is 7.47. The SMILES string of the molecule is CCC1CCN(c2ccc(CNCC(C)C)nn2)C1. The average molecular weight is 262 g/mol. The first-order valence-corrected chi connectivity index (χ1v) is 7.47. The van der Waals surface area contributed by atoms with Crippen LogP contribution < -0.4 is 10.2 Å². The molecule has 0 aliphatic carbocycles. The van der Waals surface area contributed by atoms with Gasteiger partial charge in [0.2, 0.25) is 0 Å². The van der Waals surface area contributed by atoms with Gasteiger partial charge in [-0.2, -0.15) is 5.10 Å². The molecule has 0 aromatic carbocycles. The largest absolute Gasteiger partial charge is 0.355 e. The third-order valence-electron chi connectivity index (χ3n) is 3.75. The summed E-state index contributed by atoms with van der Waals surface area (Å²) in [6.45, 7) is 10.8. The minimum atomic E-state index is 0.669. The summed E-state index contributed by atoms with van der Waals surface area (Å²) in [6, 6.07) is 4.20. The molecular formula is C15H26N4. The zero-order valence-corrected chi connectivity index (χ0v) is 12.4. The Morgan fingerprint density at radius 3 is 2.79 bits per heavy atom. The van der Waals surface area contributed by atoms with Gasteiger partial charge >= 0.3 is 0 Å². The topological polar surface area (TPSA) is 41.0 Å². The Morgan fingerprint density at radius 2 is 2.21 bits per heavy atom. The maximum Gasteiger partial charge on any atom is 0.151 e. The maximum absolute atomic E-state index is 4.36. The third-order valence-corrected chi connectivity index (χ3v) is 3.75. The average Bonchev–Trinajstić information content (AvgIpc) is 2.88.